The number of ether oxygens (including phenoxy) is 6. The van der Waals surface area contributed by atoms with Crippen LogP contribution in [0, 0.1) is 23.7 Å². The molecule has 1 aliphatic carbocycles. The maximum absolute atomic E-state index is 14.4. The van der Waals surface area contributed by atoms with Crippen molar-refractivity contribution >= 4 is 17.7 Å². The van der Waals surface area contributed by atoms with E-state index in [1.807, 2.05) is 32.9 Å². The Labute approximate surface area is 319 Å². The van der Waals surface area contributed by atoms with Crippen molar-refractivity contribution in [3.63, 3.8) is 0 Å². The summed E-state index contributed by atoms with van der Waals surface area (Å²) in [4.78, 5) is 33.0. The van der Waals surface area contributed by atoms with Crippen molar-refractivity contribution in [2.24, 2.45) is 28.8 Å². The van der Waals surface area contributed by atoms with Crippen LogP contribution in [0.3, 0.4) is 0 Å². The molecule has 5 aliphatic rings. The lowest BCUT2D eigenvalue weighted by Gasteiger charge is -2.51. The van der Waals surface area contributed by atoms with Crippen LogP contribution in [0.1, 0.15) is 90.4 Å². The number of rotatable bonds is 6. The number of esters is 2. The Bertz CT molecular complexity index is 1690. The third-order valence-corrected chi connectivity index (χ3v) is 12.0. The van der Waals surface area contributed by atoms with E-state index in [9.17, 15) is 14.7 Å². The van der Waals surface area contributed by atoms with Crippen LogP contribution in [0.5, 0.6) is 5.75 Å². The summed E-state index contributed by atoms with van der Waals surface area (Å²) in [6, 6.07) is 6.83. The van der Waals surface area contributed by atoms with Crippen LogP contribution >= 0.6 is 0 Å². The first-order valence-corrected chi connectivity index (χ1v) is 19.4. The second kappa shape index (κ2) is 16.5. The van der Waals surface area contributed by atoms with E-state index in [4.69, 9.17) is 33.3 Å². The Hall–Kier alpha value is -3.77. The standard InChI is InChI=1S/C43H57NO10/c1-9-25(2)38-28(5)19-20-42(54-38)23-34-22-33(53-42)16-13-27(4)37(52-40(45)30-14-17-32(48-7)18-15-30)26(3)11-10-12-31-24-50-39-36(44-49-8)29(6)21-35(41(46)51-34)43(31,39)47/h10-15,17-18,21,25-26,28,33-35,37-39,47H,9,16,19-20,22-24H2,1-8H3/b11-10+,27-13+,31-12+,44-36+/t25?,26-,28-,33+,34-,35-,37-,38+,39+,42+,43+/m0/s1. The van der Waals surface area contributed by atoms with Crippen LogP contribution < -0.4 is 4.74 Å². The van der Waals surface area contributed by atoms with Gasteiger partial charge in [-0.2, -0.15) is 0 Å². The minimum atomic E-state index is -1.78. The highest BCUT2D eigenvalue weighted by Crippen LogP contribution is 2.47. The van der Waals surface area contributed by atoms with Crippen molar-refractivity contribution in [1.82, 2.24) is 0 Å². The van der Waals surface area contributed by atoms with Gasteiger partial charge in [-0.25, -0.2) is 4.79 Å². The maximum Gasteiger partial charge on any atom is 0.338 e. The predicted octanol–water partition coefficient (Wildman–Crippen LogP) is 7.05. The smallest absolute Gasteiger partial charge is 0.338 e. The SMILES string of the molecule is CCC(C)[C@H]1O[C@]2(CC[C@@H]1C)C[C@@H]1C[C@@H](C/C=C(\C)[C@@H](OC(=O)c3ccc(OC)cc3)[C@@H](C)/C=C/C=C3\CO[C@@H]4/C(=N/OC)C(C)=C[C@@H](C(=O)O1)[C@]34O)O2. The molecule has 0 aromatic heterocycles. The molecule has 1 spiro atoms. The minimum absolute atomic E-state index is 0.00408. The molecule has 11 nitrogen and oxygen atoms in total. The fourth-order valence-electron chi connectivity index (χ4n) is 8.73. The summed E-state index contributed by atoms with van der Waals surface area (Å²) >= 11 is 0. The van der Waals surface area contributed by atoms with Crippen LogP contribution in [0.4, 0.5) is 0 Å². The normalized spacial score (nSPS) is 39.5. The van der Waals surface area contributed by atoms with E-state index in [-0.39, 0.29) is 24.7 Å². The Morgan fingerprint density at radius 2 is 1.87 bits per heavy atom. The number of allylic oxidation sites excluding steroid dienone is 2. The van der Waals surface area contributed by atoms with Gasteiger partial charge >= 0.3 is 11.9 Å². The lowest BCUT2D eigenvalue weighted by atomic mass is 9.71. The number of hydrogen-bond donors (Lipinski definition) is 1. The van der Waals surface area contributed by atoms with E-state index in [2.05, 4.69) is 32.0 Å². The van der Waals surface area contributed by atoms with Crippen LogP contribution in [-0.4, -0.2) is 85.5 Å². The quantitative estimate of drug-likeness (QED) is 0.184. The van der Waals surface area contributed by atoms with Gasteiger partial charge in [0.05, 0.1) is 31.5 Å². The molecule has 1 N–H and O–H groups in total. The molecule has 54 heavy (non-hydrogen) atoms. The third-order valence-electron chi connectivity index (χ3n) is 12.0. The monoisotopic (exact) mass is 747 g/mol. The van der Waals surface area contributed by atoms with E-state index in [1.54, 1.807) is 43.5 Å². The molecular weight excluding hydrogens is 690 g/mol. The maximum atomic E-state index is 14.4. The van der Waals surface area contributed by atoms with E-state index in [0.29, 0.717) is 65.7 Å². The van der Waals surface area contributed by atoms with E-state index >= 15 is 0 Å². The number of aliphatic hydroxyl groups is 1. The number of carbonyl (C=O) groups is 2. The second-order valence-corrected chi connectivity index (χ2v) is 15.8. The van der Waals surface area contributed by atoms with E-state index in [1.165, 1.54) is 7.11 Å². The zero-order valence-corrected chi connectivity index (χ0v) is 32.9. The van der Waals surface area contributed by atoms with Gasteiger partial charge in [0.15, 0.2) is 5.79 Å². The van der Waals surface area contributed by atoms with Gasteiger partial charge in [-0.15, -0.1) is 0 Å². The summed E-state index contributed by atoms with van der Waals surface area (Å²) in [5, 5.41) is 16.8. The lowest BCUT2D eigenvalue weighted by Crippen LogP contribution is -2.57. The molecular formula is C43H57NO10. The molecule has 3 fully saturated rings. The van der Waals surface area contributed by atoms with Crippen molar-refractivity contribution in [3.05, 3.63) is 76.9 Å². The van der Waals surface area contributed by atoms with Crippen molar-refractivity contribution in [2.75, 3.05) is 20.8 Å². The summed E-state index contributed by atoms with van der Waals surface area (Å²) in [6.45, 7) is 12.4. The molecule has 1 unspecified atom stereocenters. The molecule has 6 rings (SSSR count). The number of hydrogen-bond acceptors (Lipinski definition) is 11. The van der Waals surface area contributed by atoms with Gasteiger partial charge in [0.2, 0.25) is 0 Å². The molecule has 0 amide bonds. The van der Waals surface area contributed by atoms with Crippen molar-refractivity contribution in [1.29, 1.82) is 0 Å². The van der Waals surface area contributed by atoms with Gasteiger partial charge in [-0.3, -0.25) is 4.79 Å². The molecule has 4 heterocycles. The first-order chi connectivity index (χ1) is 25.8. The van der Waals surface area contributed by atoms with Gasteiger partial charge in [0, 0.05) is 25.2 Å². The number of oxime groups is 1. The van der Waals surface area contributed by atoms with Crippen LogP contribution in [0.15, 0.2) is 76.5 Å². The number of nitrogens with zero attached hydrogens (tertiary/aromatic N) is 1. The Kier molecular flexibility index (Phi) is 12.2. The van der Waals surface area contributed by atoms with Crippen molar-refractivity contribution in [3.8, 4) is 5.75 Å². The average Bonchev–Trinajstić information content (AvgIpc) is 3.50. The molecule has 0 saturated carbocycles. The number of benzene rings is 1. The Balaban J connectivity index is 1.40. The number of methoxy groups -OCH3 is 1. The van der Waals surface area contributed by atoms with Gasteiger partial charge in [-0.1, -0.05) is 69.7 Å². The van der Waals surface area contributed by atoms with Gasteiger partial charge in [-0.05, 0) is 79.5 Å². The molecule has 1 aromatic rings. The molecule has 0 radical (unpaired) electrons. The molecule has 294 valence electrons. The highest BCUT2D eigenvalue weighted by molar-refractivity contribution is 6.07. The number of carbonyl (C=O) groups excluding carboxylic acids is 2. The van der Waals surface area contributed by atoms with E-state index < -0.39 is 47.6 Å². The van der Waals surface area contributed by atoms with Gasteiger partial charge in [0.25, 0.3) is 0 Å². The molecule has 1 aromatic carbocycles. The highest BCUT2D eigenvalue weighted by Gasteiger charge is 2.60. The van der Waals surface area contributed by atoms with E-state index in [0.717, 1.165) is 18.4 Å². The molecule has 2 bridgehead atoms. The third kappa shape index (κ3) is 7.96. The summed E-state index contributed by atoms with van der Waals surface area (Å²) < 4.78 is 37.9. The predicted molar refractivity (Wildman–Crippen MR) is 203 cm³/mol. The summed E-state index contributed by atoms with van der Waals surface area (Å²) in [5.41, 5.74) is 1.06. The zero-order valence-electron chi connectivity index (χ0n) is 32.9. The van der Waals surface area contributed by atoms with Crippen LogP contribution in [-0.2, 0) is 33.3 Å². The average molecular weight is 748 g/mol. The zero-order chi connectivity index (χ0) is 38.8. The summed E-state index contributed by atoms with van der Waals surface area (Å²) in [7, 11) is 3.01. The second-order valence-electron chi connectivity index (χ2n) is 15.8. The highest BCUT2D eigenvalue weighted by atomic mass is 16.7. The Morgan fingerprint density at radius 3 is 2.57 bits per heavy atom. The fraction of sp³-hybridized carbons (Fsp3) is 0.605. The molecule has 4 aliphatic heterocycles. The number of fused-ring (bicyclic) bond motifs is 2. The summed E-state index contributed by atoms with van der Waals surface area (Å²) in [5.74, 6) is -1.95. The van der Waals surface area contributed by atoms with Gasteiger partial charge < -0.3 is 38.4 Å². The minimum Gasteiger partial charge on any atom is -0.497 e. The molecule has 11 heteroatoms. The van der Waals surface area contributed by atoms with Gasteiger partial charge in [0.1, 0.15) is 48.4 Å². The van der Waals surface area contributed by atoms with Crippen LogP contribution in [0.2, 0.25) is 0 Å². The first kappa shape index (κ1) is 39.9. The lowest BCUT2D eigenvalue weighted by molar-refractivity contribution is -0.340. The van der Waals surface area contributed by atoms with Crippen molar-refractivity contribution < 1.29 is 48.0 Å². The first-order valence-electron chi connectivity index (χ1n) is 19.4. The molecule has 3 saturated heterocycles. The fourth-order valence-corrected chi connectivity index (χ4v) is 8.73. The van der Waals surface area contributed by atoms with Crippen LogP contribution in [0.25, 0.3) is 0 Å². The molecule has 11 atom stereocenters. The summed E-state index contributed by atoms with van der Waals surface area (Å²) in [6.07, 6.45) is 10.7. The largest absolute Gasteiger partial charge is 0.497 e. The topological polar surface area (TPSA) is 131 Å². The Morgan fingerprint density at radius 1 is 1.11 bits per heavy atom. The van der Waals surface area contributed by atoms with Crippen molar-refractivity contribution in [2.45, 2.75) is 122 Å².